The Morgan fingerprint density at radius 2 is 2.11 bits per heavy atom. The first-order valence-electron chi connectivity index (χ1n) is 7.48. The summed E-state index contributed by atoms with van der Waals surface area (Å²) < 4.78 is 0. The molecule has 1 aromatic rings. The summed E-state index contributed by atoms with van der Waals surface area (Å²) in [5.41, 5.74) is 4.37. The van der Waals surface area contributed by atoms with E-state index >= 15 is 0 Å². The van der Waals surface area contributed by atoms with Crippen LogP contribution in [0.5, 0.6) is 0 Å². The molecule has 1 aromatic carbocycles. The molecule has 0 aliphatic carbocycles. The summed E-state index contributed by atoms with van der Waals surface area (Å²) in [5.74, 6) is 0.954. The first-order chi connectivity index (χ1) is 8.69. The lowest BCUT2D eigenvalue weighted by Crippen LogP contribution is -2.38. The molecule has 2 unspecified atom stereocenters. The number of hydrogen-bond acceptors (Lipinski definition) is 1. The number of piperidine rings is 1. The van der Waals surface area contributed by atoms with Gasteiger partial charge < -0.3 is 5.32 Å². The van der Waals surface area contributed by atoms with Crippen LogP contribution in [0.2, 0.25) is 0 Å². The maximum Gasteiger partial charge on any atom is 0.00728 e. The van der Waals surface area contributed by atoms with E-state index in [-0.39, 0.29) is 0 Å². The quantitative estimate of drug-likeness (QED) is 0.845. The van der Waals surface area contributed by atoms with Gasteiger partial charge in [-0.2, -0.15) is 0 Å². The summed E-state index contributed by atoms with van der Waals surface area (Å²) >= 11 is 0. The van der Waals surface area contributed by atoms with E-state index < -0.39 is 0 Å². The van der Waals surface area contributed by atoms with E-state index in [9.17, 15) is 0 Å². The van der Waals surface area contributed by atoms with Crippen molar-refractivity contribution in [1.29, 1.82) is 0 Å². The van der Waals surface area contributed by atoms with Crippen molar-refractivity contribution < 1.29 is 0 Å². The first kappa shape index (κ1) is 13.6. The molecule has 0 saturated carbocycles. The molecule has 1 aliphatic rings. The molecule has 0 amide bonds. The van der Waals surface area contributed by atoms with E-state index in [0.29, 0.717) is 0 Å². The molecule has 0 spiro atoms. The summed E-state index contributed by atoms with van der Waals surface area (Å²) in [6.07, 6.45) is 6.61. The van der Waals surface area contributed by atoms with Crippen LogP contribution in [0.4, 0.5) is 0 Å². The highest BCUT2D eigenvalue weighted by molar-refractivity contribution is 5.30. The van der Waals surface area contributed by atoms with Gasteiger partial charge in [0, 0.05) is 6.04 Å². The lowest BCUT2D eigenvalue weighted by molar-refractivity contribution is 0.285. The highest BCUT2D eigenvalue weighted by Crippen LogP contribution is 2.22. The van der Waals surface area contributed by atoms with Gasteiger partial charge in [0.15, 0.2) is 0 Å². The molecule has 1 heteroatoms. The molecule has 0 bridgehead atoms. The maximum absolute atomic E-state index is 3.69. The number of aryl methyl sites for hydroxylation is 3. The summed E-state index contributed by atoms with van der Waals surface area (Å²) in [4.78, 5) is 0. The second-order valence-electron chi connectivity index (χ2n) is 5.92. The summed E-state index contributed by atoms with van der Waals surface area (Å²) in [6.45, 7) is 7.97. The van der Waals surface area contributed by atoms with Crippen LogP contribution in [-0.2, 0) is 6.42 Å². The number of rotatable bonds is 4. The van der Waals surface area contributed by atoms with Crippen molar-refractivity contribution in [3.8, 4) is 0 Å². The van der Waals surface area contributed by atoms with E-state index in [1.165, 1.54) is 55.3 Å². The van der Waals surface area contributed by atoms with Crippen molar-refractivity contribution in [2.24, 2.45) is 5.92 Å². The molecule has 1 fully saturated rings. The first-order valence-corrected chi connectivity index (χ1v) is 7.48. The van der Waals surface area contributed by atoms with Crippen LogP contribution >= 0.6 is 0 Å². The van der Waals surface area contributed by atoms with Gasteiger partial charge in [-0.3, -0.25) is 0 Å². The maximum atomic E-state index is 3.69. The number of benzene rings is 1. The van der Waals surface area contributed by atoms with Crippen molar-refractivity contribution >= 4 is 0 Å². The molecule has 1 nitrogen and oxygen atoms in total. The molecule has 1 heterocycles. The predicted molar refractivity (Wildman–Crippen MR) is 79.0 cm³/mol. The van der Waals surface area contributed by atoms with Gasteiger partial charge in [0.1, 0.15) is 0 Å². The second kappa shape index (κ2) is 6.38. The Kier molecular flexibility index (Phi) is 4.82. The topological polar surface area (TPSA) is 12.0 Å². The summed E-state index contributed by atoms with van der Waals surface area (Å²) in [5, 5.41) is 3.69. The summed E-state index contributed by atoms with van der Waals surface area (Å²) in [7, 11) is 0. The SMILES string of the molecule is CCC1CCNC(CCc2cc(C)ccc2C)C1. The van der Waals surface area contributed by atoms with Crippen LogP contribution in [0, 0.1) is 19.8 Å². The predicted octanol–water partition coefficient (Wildman–Crippen LogP) is 4.01. The second-order valence-corrected chi connectivity index (χ2v) is 5.92. The van der Waals surface area contributed by atoms with Crippen molar-refractivity contribution in [3.05, 3.63) is 34.9 Å². The Bertz CT molecular complexity index is 383. The van der Waals surface area contributed by atoms with Gasteiger partial charge in [-0.1, -0.05) is 37.1 Å². The highest BCUT2D eigenvalue weighted by Gasteiger charge is 2.19. The minimum absolute atomic E-state index is 0.739. The third-order valence-electron chi connectivity index (χ3n) is 4.45. The van der Waals surface area contributed by atoms with Crippen LogP contribution in [-0.4, -0.2) is 12.6 Å². The smallest absolute Gasteiger partial charge is 0.00728 e. The van der Waals surface area contributed by atoms with E-state index in [2.05, 4.69) is 44.3 Å². The number of nitrogens with one attached hydrogen (secondary N) is 1. The van der Waals surface area contributed by atoms with Crippen molar-refractivity contribution in [1.82, 2.24) is 5.32 Å². The van der Waals surface area contributed by atoms with E-state index in [4.69, 9.17) is 0 Å². The average molecular weight is 245 g/mol. The van der Waals surface area contributed by atoms with Gasteiger partial charge in [-0.15, -0.1) is 0 Å². The third kappa shape index (κ3) is 3.58. The molecule has 0 radical (unpaired) electrons. The molecular formula is C17H27N. The van der Waals surface area contributed by atoms with Crippen LogP contribution in [0.3, 0.4) is 0 Å². The fourth-order valence-electron chi connectivity index (χ4n) is 3.09. The molecular weight excluding hydrogens is 218 g/mol. The Labute approximate surface area is 112 Å². The van der Waals surface area contributed by atoms with Crippen LogP contribution in [0.15, 0.2) is 18.2 Å². The van der Waals surface area contributed by atoms with Crippen molar-refractivity contribution in [2.75, 3.05) is 6.54 Å². The molecule has 100 valence electrons. The Morgan fingerprint density at radius 3 is 2.89 bits per heavy atom. The van der Waals surface area contributed by atoms with Gasteiger partial charge in [0.25, 0.3) is 0 Å². The zero-order chi connectivity index (χ0) is 13.0. The minimum Gasteiger partial charge on any atom is -0.314 e. The largest absolute Gasteiger partial charge is 0.314 e. The zero-order valence-electron chi connectivity index (χ0n) is 12.1. The normalized spacial score (nSPS) is 24.2. The molecule has 0 aromatic heterocycles. The van der Waals surface area contributed by atoms with E-state index in [0.717, 1.165) is 12.0 Å². The Balaban J connectivity index is 1.89. The van der Waals surface area contributed by atoms with Crippen molar-refractivity contribution in [2.45, 2.75) is 58.9 Å². The van der Waals surface area contributed by atoms with Crippen molar-refractivity contribution in [3.63, 3.8) is 0 Å². The van der Waals surface area contributed by atoms with Gasteiger partial charge in [-0.05, 0) is 63.1 Å². The number of hydrogen-bond donors (Lipinski definition) is 1. The monoisotopic (exact) mass is 245 g/mol. The third-order valence-corrected chi connectivity index (χ3v) is 4.45. The average Bonchev–Trinajstić information content (AvgIpc) is 2.40. The molecule has 1 N–H and O–H groups in total. The van der Waals surface area contributed by atoms with Crippen LogP contribution in [0.1, 0.15) is 49.3 Å². The van der Waals surface area contributed by atoms with Gasteiger partial charge in [-0.25, -0.2) is 0 Å². The van der Waals surface area contributed by atoms with Crippen LogP contribution < -0.4 is 5.32 Å². The van der Waals surface area contributed by atoms with Gasteiger partial charge in [0.2, 0.25) is 0 Å². The molecule has 1 aliphatic heterocycles. The van der Waals surface area contributed by atoms with Crippen LogP contribution in [0.25, 0.3) is 0 Å². The van der Waals surface area contributed by atoms with E-state index in [1.807, 2.05) is 0 Å². The minimum atomic E-state index is 0.739. The highest BCUT2D eigenvalue weighted by atomic mass is 14.9. The fraction of sp³-hybridized carbons (Fsp3) is 0.647. The fourth-order valence-corrected chi connectivity index (χ4v) is 3.09. The Hall–Kier alpha value is -0.820. The molecule has 2 rings (SSSR count). The molecule has 1 saturated heterocycles. The molecule has 18 heavy (non-hydrogen) atoms. The molecule has 2 atom stereocenters. The lowest BCUT2D eigenvalue weighted by Gasteiger charge is -2.30. The van der Waals surface area contributed by atoms with Gasteiger partial charge in [0.05, 0.1) is 0 Å². The zero-order valence-corrected chi connectivity index (χ0v) is 12.1. The lowest BCUT2D eigenvalue weighted by atomic mass is 9.87. The van der Waals surface area contributed by atoms with Gasteiger partial charge >= 0.3 is 0 Å². The standard InChI is InChI=1S/C17H27N/c1-4-15-9-10-18-17(12-15)8-7-16-11-13(2)5-6-14(16)3/h5-6,11,15,17-18H,4,7-10,12H2,1-3H3. The Morgan fingerprint density at radius 1 is 1.28 bits per heavy atom. The van der Waals surface area contributed by atoms with E-state index in [1.54, 1.807) is 0 Å². The summed E-state index contributed by atoms with van der Waals surface area (Å²) in [6, 6.07) is 7.57.